The van der Waals surface area contributed by atoms with Crippen LogP contribution in [0, 0.1) is 6.33 Å². The zero-order chi connectivity index (χ0) is 52.3. The molecular formula is C60H39N5O. The van der Waals surface area contributed by atoms with Gasteiger partial charge >= 0.3 is 0 Å². The first-order valence-electron chi connectivity index (χ1n) is 26.4. The van der Waals surface area contributed by atoms with Crippen molar-refractivity contribution >= 4 is 54.6 Å². The van der Waals surface area contributed by atoms with Gasteiger partial charge in [-0.2, -0.15) is 0 Å². The number of nitrogens with zero attached hydrogens (tertiary/aromatic N) is 5. The van der Waals surface area contributed by atoms with Gasteiger partial charge in [0.25, 0.3) is 6.33 Å². The van der Waals surface area contributed by atoms with Gasteiger partial charge < -0.3 is 9.30 Å². The summed E-state index contributed by atoms with van der Waals surface area (Å²) < 4.78 is 102. The minimum absolute atomic E-state index is 0.133. The minimum atomic E-state index is -0.569. The number of fused-ring (bicyclic) bond motifs is 7. The molecule has 4 aromatic heterocycles. The van der Waals surface area contributed by atoms with Crippen molar-refractivity contribution < 1.29 is 23.0 Å². The van der Waals surface area contributed by atoms with Gasteiger partial charge in [-0.05, 0) is 76.9 Å². The summed E-state index contributed by atoms with van der Waals surface area (Å²) in [6, 6.07) is 49.5. The van der Waals surface area contributed by atoms with Gasteiger partial charge in [0.05, 0.1) is 58.2 Å². The largest absolute Gasteiger partial charge is 0.458 e. The molecule has 0 aliphatic heterocycles. The summed E-state index contributed by atoms with van der Waals surface area (Å²) in [5.41, 5.74) is 7.07. The number of ether oxygens (including phenoxy) is 1. The fourth-order valence-corrected chi connectivity index (χ4v) is 9.29. The summed E-state index contributed by atoms with van der Waals surface area (Å²) in [7, 11) is 0. The Morgan fingerprint density at radius 3 is 1.77 bits per heavy atom. The van der Waals surface area contributed by atoms with Gasteiger partial charge in [-0.1, -0.05) is 164 Å². The van der Waals surface area contributed by atoms with E-state index in [-0.39, 0.29) is 27.9 Å². The molecule has 13 rings (SSSR count). The molecule has 0 atom stereocenters. The van der Waals surface area contributed by atoms with Crippen LogP contribution < -0.4 is 9.30 Å². The SMILES string of the molecule is [2H]c1c([2H])c([2H])c(-c2cccc(-c3c([2H])c([2H])c([2H])c([2H])c3[2H])c2-[n+]2[c-]n(-c3cccc(Oc4ccc5c6ccccc6n(-c6cc7c(cn6)c6ccccc6n7-c6ccccc6)c5c4)c3)c3ccccc32)c([2H])c1[2H]. The lowest BCUT2D eigenvalue weighted by molar-refractivity contribution is -0.571. The van der Waals surface area contributed by atoms with Crippen LogP contribution in [-0.2, 0) is 0 Å². The Bertz CT molecular complexity index is 4440. The molecule has 66 heavy (non-hydrogen) atoms. The molecule has 310 valence electrons. The smallest absolute Gasteiger partial charge is 0.269 e. The molecule has 0 bridgehead atoms. The van der Waals surface area contributed by atoms with Crippen molar-refractivity contribution in [3.63, 3.8) is 0 Å². The average molecular weight is 856 g/mol. The number of hydrogen-bond acceptors (Lipinski definition) is 2. The summed E-state index contributed by atoms with van der Waals surface area (Å²) >= 11 is 0. The number of aromatic nitrogens is 5. The molecule has 0 radical (unpaired) electrons. The third-order valence-electron chi connectivity index (χ3n) is 12.1. The van der Waals surface area contributed by atoms with Crippen molar-refractivity contribution in [2.45, 2.75) is 0 Å². The van der Waals surface area contributed by atoms with Crippen LogP contribution in [0.1, 0.15) is 13.7 Å². The van der Waals surface area contributed by atoms with Gasteiger partial charge in [0.1, 0.15) is 17.3 Å². The number of rotatable bonds is 8. The highest BCUT2D eigenvalue weighted by Crippen LogP contribution is 2.39. The minimum Gasteiger partial charge on any atom is -0.458 e. The molecule has 0 unspecified atom stereocenters. The van der Waals surface area contributed by atoms with E-state index in [2.05, 4.69) is 70.1 Å². The van der Waals surface area contributed by atoms with E-state index in [1.165, 1.54) is 0 Å². The van der Waals surface area contributed by atoms with Crippen molar-refractivity contribution in [3.05, 3.63) is 243 Å². The molecule has 13 aromatic rings. The fourth-order valence-electron chi connectivity index (χ4n) is 9.29. The highest BCUT2D eigenvalue weighted by molar-refractivity contribution is 6.11. The number of imidazole rings is 1. The topological polar surface area (TPSA) is 40.8 Å². The van der Waals surface area contributed by atoms with E-state index in [9.17, 15) is 0 Å². The molecule has 0 saturated heterocycles. The quantitative estimate of drug-likeness (QED) is 0.113. The predicted octanol–water partition coefficient (Wildman–Crippen LogP) is 14.4. The predicted molar refractivity (Wildman–Crippen MR) is 268 cm³/mol. The maximum Gasteiger partial charge on any atom is 0.269 e. The van der Waals surface area contributed by atoms with Crippen LogP contribution in [-0.4, -0.2) is 18.7 Å². The van der Waals surface area contributed by atoms with Crippen molar-refractivity contribution in [2.24, 2.45) is 0 Å². The second kappa shape index (κ2) is 15.4. The summed E-state index contributed by atoms with van der Waals surface area (Å²) in [5.74, 6) is 1.81. The summed E-state index contributed by atoms with van der Waals surface area (Å²) in [5, 5.41) is 4.23. The Morgan fingerprint density at radius 2 is 1.03 bits per heavy atom. The van der Waals surface area contributed by atoms with Crippen LogP contribution in [0.3, 0.4) is 0 Å². The third-order valence-corrected chi connectivity index (χ3v) is 12.1. The Kier molecular flexibility index (Phi) is 6.67. The van der Waals surface area contributed by atoms with Crippen LogP contribution in [0.25, 0.3) is 99.8 Å². The second-order valence-electron chi connectivity index (χ2n) is 15.8. The van der Waals surface area contributed by atoms with Crippen LogP contribution in [0.15, 0.2) is 236 Å². The van der Waals surface area contributed by atoms with Crippen molar-refractivity contribution in [2.75, 3.05) is 0 Å². The lowest BCUT2D eigenvalue weighted by Crippen LogP contribution is -2.31. The van der Waals surface area contributed by atoms with Crippen molar-refractivity contribution in [1.29, 1.82) is 0 Å². The normalized spacial score (nSPS) is 13.8. The molecule has 4 heterocycles. The van der Waals surface area contributed by atoms with E-state index in [1.54, 1.807) is 27.3 Å². The maximum atomic E-state index is 9.04. The number of para-hydroxylation sites is 6. The van der Waals surface area contributed by atoms with Gasteiger partial charge in [-0.15, -0.1) is 0 Å². The number of pyridine rings is 1. The lowest BCUT2D eigenvalue weighted by atomic mass is 9.95. The Labute approximate surface area is 394 Å². The van der Waals surface area contributed by atoms with E-state index < -0.39 is 60.4 Å². The summed E-state index contributed by atoms with van der Waals surface area (Å²) in [4.78, 5) is 5.11. The molecule has 0 N–H and O–H groups in total. The molecule has 9 aromatic carbocycles. The third kappa shape index (κ3) is 6.11. The average Bonchev–Trinajstić information content (AvgIpc) is 4.23. The van der Waals surface area contributed by atoms with Gasteiger partial charge in [0, 0.05) is 45.6 Å². The zero-order valence-electron chi connectivity index (χ0n) is 44.9. The Morgan fingerprint density at radius 1 is 0.455 bits per heavy atom. The highest BCUT2D eigenvalue weighted by atomic mass is 16.5. The van der Waals surface area contributed by atoms with Crippen molar-refractivity contribution in [1.82, 2.24) is 18.7 Å². The molecule has 0 fully saturated rings. The molecule has 6 heteroatoms. The van der Waals surface area contributed by atoms with E-state index in [4.69, 9.17) is 23.4 Å². The van der Waals surface area contributed by atoms with Gasteiger partial charge in [-0.3, -0.25) is 13.7 Å². The molecule has 0 saturated carbocycles. The van der Waals surface area contributed by atoms with Crippen LogP contribution in [0.4, 0.5) is 0 Å². The standard InChI is InChI=1S/C60H39N5O/c1-4-18-41(19-5-1)47-28-17-29-48(42-20-6-2-7-21-42)60(47)63-40-62(55-32-14-15-33-56(55)63)44-24-16-25-45(36-44)66-46-34-35-51-49-26-10-13-31-54(49)65(57(51)37-46)59-38-58-52(39-61-59)50-27-11-12-30-53(50)64(58)43-22-8-3-9-23-43/h1-39H/i1D,2D,4D,5D,6D,7D,18D,19D,20D,21D. The zero-order valence-corrected chi connectivity index (χ0v) is 34.9. The molecule has 0 spiro atoms. The second-order valence-corrected chi connectivity index (χ2v) is 15.8. The van der Waals surface area contributed by atoms with E-state index in [0.717, 1.165) is 55.1 Å². The number of benzene rings is 9. The molecule has 0 aliphatic rings. The van der Waals surface area contributed by atoms with E-state index in [0.29, 0.717) is 28.2 Å². The lowest BCUT2D eigenvalue weighted by Gasteiger charge is -2.17. The van der Waals surface area contributed by atoms with Crippen LogP contribution in [0.5, 0.6) is 11.5 Å². The Hall–Kier alpha value is -9.00. The highest BCUT2D eigenvalue weighted by Gasteiger charge is 2.21. The van der Waals surface area contributed by atoms with E-state index >= 15 is 0 Å². The first-order valence-corrected chi connectivity index (χ1v) is 21.4. The first-order chi connectivity index (χ1) is 36.9. The fraction of sp³-hybridized carbons (Fsp3) is 0. The maximum absolute atomic E-state index is 9.04. The van der Waals surface area contributed by atoms with Crippen LogP contribution in [0.2, 0.25) is 0 Å². The molecule has 0 aliphatic carbocycles. The monoisotopic (exact) mass is 855 g/mol. The van der Waals surface area contributed by atoms with Crippen LogP contribution >= 0.6 is 0 Å². The molecule has 6 nitrogen and oxygen atoms in total. The van der Waals surface area contributed by atoms with Gasteiger partial charge in [0.15, 0.2) is 0 Å². The summed E-state index contributed by atoms with van der Waals surface area (Å²) in [6.45, 7) is 0. The van der Waals surface area contributed by atoms with Gasteiger partial charge in [0.2, 0.25) is 0 Å². The Balaban J connectivity index is 0.957. The molecule has 0 amide bonds. The summed E-state index contributed by atoms with van der Waals surface area (Å²) in [6.07, 6.45) is 5.41. The van der Waals surface area contributed by atoms with E-state index in [1.807, 2.05) is 103 Å². The number of hydrogen-bond donors (Lipinski definition) is 0. The van der Waals surface area contributed by atoms with Gasteiger partial charge in [-0.25, -0.2) is 4.98 Å². The molecular weight excluding hydrogens is 807 g/mol. The first kappa shape index (κ1) is 28.6. The van der Waals surface area contributed by atoms with Crippen molar-refractivity contribution in [3.8, 4) is 56.6 Å².